The Balaban J connectivity index is 1.69. The predicted molar refractivity (Wildman–Crippen MR) is 94.6 cm³/mol. The lowest BCUT2D eigenvalue weighted by atomic mass is 10.2. The highest BCUT2D eigenvalue weighted by molar-refractivity contribution is 7.13. The van der Waals surface area contributed by atoms with Crippen molar-refractivity contribution < 1.29 is 5.11 Å². The van der Waals surface area contributed by atoms with E-state index in [0.717, 1.165) is 41.7 Å². The maximum absolute atomic E-state index is 9.70. The maximum atomic E-state index is 9.70. The molecule has 2 heterocycles. The summed E-state index contributed by atoms with van der Waals surface area (Å²) in [7, 11) is 0. The summed E-state index contributed by atoms with van der Waals surface area (Å²) >= 11 is 1.65. The van der Waals surface area contributed by atoms with E-state index >= 15 is 0 Å². The van der Waals surface area contributed by atoms with Crippen LogP contribution in [0.3, 0.4) is 0 Å². The van der Waals surface area contributed by atoms with Gasteiger partial charge >= 0.3 is 0 Å². The molecule has 2 aromatic rings. The predicted octanol–water partition coefficient (Wildman–Crippen LogP) is 2.34. The zero-order chi connectivity index (χ0) is 16.1. The number of aliphatic imine (C=N–C) groups is 1. The summed E-state index contributed by atoms with van der Waals surface area (Å²) in [5.74, 6) is 0.860. The number of likely N-dealkylation sites (tertiary alicyclic amines) is 1. The first kappa shape index (κ1) is 16.0. The number of hydrogen-bond acceptors (Lipinski definition) is 4. The molecule has 0 spiro atoms. The molecule has 1 saturated heterocycles. The first-order valence-corrected chi connectivity index (χ1v) is 8.85. The van der Waals surface area contributed by atoms with E-state index < -0.39 is 0 Å². The van der Waals surface area contributed by atoms with Gasteiger partial charge in [-0.3, -0.25) is 0 Å². The molecule has 0 bridgehead atoms. The summed E-state index contributed by atoms with van der Waals surface area (Å²) in [5.41, 5.74) is 2.12. The van der Waals surface area contributed by atoms with E-state index in [1.807, 2.05) is 18.2 Å². The molecule has 1 atom stereocenters. The Morgan fingerprint density at radius 2 is 2.26 bits per heavy atom. The van der Waals surface area contributed by atoms with Gasteiger partial charge in [0.2, 0.25) is 0 Å². The Bertz CT molecular complexity index is 656. The van der Waals surface area contributed by atoms with Crippen LogP contribution in [0.1, 0.15) is 19.0 Å². The van der Waals surface area contributed by atoms with E-state index in [-0.39, 0.29) is 6.10 Å². The zero-order valence-electron chi connectivity index (χ0n) is 13.3. The van der Waals surface area contributed by atoms with Crippen LogP contribution in [0, 0.1) is 0 Å². The fourth-order valence-electron chi connectivity index (χ4n) is 2.61. The van der Waals surface area contributed by atoms with Gasteiger partial charge in [0, 0.05) is 30.6 Å². The first-order valence-electron chi connectivity index (χ1n) is 7.97. The molecule has 2 N–H and O–H groups in total. The number of aromatic nitrogens is 1. The summed E-state index contributed by atoms with van der Waals surface area (Å²) in [6.07, 6.45) is 0.557. The number of aliphatic hydroxyl groups is 1. The van der Waals surface area contributed by atoms with Crippen LogP contribution in [-0.2, 0) is 6.54 Å². The molecule has 1 aromatic carbocycles. The smallest absolute Gasteiger partial charge is 0.194 e. The van der Waals surface area contributed by atoms with Gasteiger partial charge in [0.1, 0.15) is 5.01 Å². The first-order chi connectivity index (χ1) is 11.3. The van der Waals surface area contributed by atoms with Crippen LogP contribution in [0.25, 0.3) is 10.6 Å². The molecule has 0 unspecified atom stereocenters. The van der Waals surface area contributed by atoms with Crippen molar-refractivity contribution in [3.8, 4) is 10.6 Å². The van der Waals surface area contributed by atoms with Crippen LogP contribution >= 0.6 is 11.3 Å². The number of benzene rings is 1. The van der Waals surface area contributed by atoms with Crippen molar-refractivity contribution in [2.45, 2.75) is 26.0 Å². The van der Waals surface area contributed by atoms with E-state index in [4.69, 9.17) is 0 Å². The second-order valence-corrected chi connectivity index (χ2v) is 6.43. The second kappa shape index (κ2) is 7.57. The van der Waals surface area contributed by atoms with Gasteiger partial charge in [-0.05, 0) is 13.3 Å². The van der Waals surface area contributed by atoms with Gasteiger partial charge in [-0.1, -0.05) is 30.3 Å². The molecule has 0 amide bonds. The van der Waals surface area contributed by atoms with Crippen molar-refractivity contribution in [2.75, 3.05) is 19.6 Å². The van der Waals surface area contributed by atoms with Gasteiger partial charge < -0.3 is 15.3 Å². The molecule has 1 fully saturated rings. The van der Waals surface area contributed by atoms with Crippen LogP contribution in [-0.4, -0.2) is 46.7 Å². The van der Waals surface area contributed by atoms with Crippen LogP contribution in [0.2, 0.25) is 0 Å². The number of guanidine groups is 1. The Kier molecular flexibility index (Phi) is 5.25. The summed E-state index contributed by atoms with van der Waals surface area (Å²) in [6, 6.07) is 10.2. The zero-order valence-corrected chi connectivity index (χ0v) is 14.1. The van der Waals surface area contributed by atoms with Crippen molar-refractivity contribution in [1.82, 2.24) is 15.2 Å². The summed E-state index contributed by atoms with van der Waals surface area (Å²) in [5, 5.41) is 16.1. The third-order valence-corrected chi connectivity index (χ3v) is 4.70. The summed E-state index contributed by atoms with van der Waals surface area (Å²) < 4.78 is 0. The minimum absolute atomic E-state index is 0.247. The normalized spacial score (nSPS) is 18.4. The van der Waals surface area contributed by atoms with Gasteiger partial charge in [0.15, 0.2) is 5.96 Å². The van der Waals surface area contributed by atoms with Crippen LogP contribution in [0.15, 0.2) is 40.7 Å². The number of thiazole rings is 1. The van der Waals surface area contributed by atoms with Crippen LogP contribution in [0.5, 0.6) is 0 Å². The van der Waals surface area contributed by atoms with E-state index in [9.17, 15) is 5.11 Å². The Morgan fingerprint density at radius 1 is 1.43 bits per heavy atom. The van der Waals surface area contributed by atoms with Crippen molar-refractivity contribution in [3.63, 3.8) is 0 Å². The van der Waals surface area contributed by atoms with Crippen LogP contribution < -0.4 is 5.32 Å². The molecule has 5 nitrogen and oxygen atoms in total. The van der Waals surface area contributed by atoms with Crippen molar-refractivity contribution >= 4 is 17.3 Å². The molecular formula is C17H22N4OS. The van der Waals surface area contributed by atoms with Gasteiger partial charge in [-0.15, -0.1) is 11.3 Å². The third kappa shape index (κ3) is 4.09. The minimum atomic E-state index is -0.247. The number of aliphatic hydroxyl groups excluding tert-OH is 1. The highest BCUT2D eigenvalue weighted by Crippen LogP contribution is 2.23. The van der Waals surface area contributed by atoms with Gasteiger partial charge in [-0.25, -0.2) is 9.98 Å². The van der Waals surface area contributed by atoms with Crippen molar-refractivity contribution in [1.29, 1.82) is 0 Å². The largest absolute Gasteiger partial charge is 0.391 e. The molecule has 23 heavy (non-hydrogen) atoms. The fourth-order valence-corrected chi connectivity index (χ4v) is 3.43. The number of rotatable bonds is 4. The molecule has 0 aliphatic carbocycles. The van der Waals surface area contributed by atoms with E-state index in [1.165, 1.54) is 0 Å². The standard InChI is InChI=1S/C17H22N4OS/c1-2-18-17(21-9-8-15(22)11-21)19-10-14-12-23-16(20-14)13-6-4-3-5-7-13/h3-7,12,15,22H,2,8-11H2,1H3,(H,18,19)/t15-/m1/s1. The van der Waals surface area contributed by atoms with Crippen LogP contribution in [0.4, 0.5) is 0 Å². The van der Waals surface area contributed by atoms with E-state index in [2.05, 4.69) is 44.6 Å². The van der Waals surface area contributed by atoms with Gasteiger partial charge in [-0.2, -0.15) is 0 Å². The van der Waals surface area contributed by atoms with Crippen molar-refractivity contribution in [3.05, 3.63) is 41.4 Å². The molecule has 122 valence electrons. The molecule has 6 heteroatoms. The quantitative estimate of drug-likeness (QED) is 0.667. The number of nitrogens with zero attached hydrogens (tertiary/aromatic N) is 3. The minimum Gasteiger partial charge on any atom is -0.391 e. The second-order valence-electron chi connectivity index (χ2n) is 5.57. The maximum Gasteiger partial charge on any atom is 0.194 e. The summed E-state index contributed by atoms with van der Waals surface area (Å²) in [6.45, 7) is 4.92. The van der Waals surface area contributed by atoms with Gasteiger partial charge in [0.25, 0.3) is 0 Å². The molecule has 1 aliphatic heterocycles. The Labute approximate surface area is 140 Å². The summed E-state index contributed by atoms with van der Waals surface area (Å²) in [4.78, 5) is 11.5. The molecule has 0 saturated carbocycles. The lowest BCUT2D eigenvalue weighted by molar-refractivity contribution is 0.188. The van der Waals surface area contributed by atoms with E-state index in [1.54, 1.807) is 11.3 Å². The SMILES string of the molecule is CCNC(=NCc1csc(-c2ccccc2)n1)N1CC[C@@H](O)C1. The molecule has 1 aromatic heterocycles. The highest BCUT2D eigenvalue weighted by Gasteiger charge is 2.22. The average molecular weight is 330 g/mol. The van der Waals surface area contributed by atoms with Gasteiger partial charge in [0.05, 0.1) is 18.3 Å². The topological polar surface area (TPSA) is 60.8 Å². The Hall–Kier alpha value is -1.92. The Morgan fingerprint density at radius 3 is 2.96 bits per heavy atom. The fraction of sp³-hybridized carbons (Fsp3) is 0.412. The van der Waals surface area contributed by atoms with E-state index in [0.29, 0.717) is 13.1 Å². The number of hydrogen-bond donors (Lipinski definition) is 2. The van der Waals surface area contributed by atoms with Crippen molar-refractivity contribution in [2.24, 2.45) is 4.99 Å². The lowest BCUT2D eigenvalue weighted by Crippen LogP contribution is -2.40. The lowest BCUT2D eigenvalue weighted by Gasteiger charge is -2.20. The highest BCUT2D eigenvalue weighted by atomic mass is 32.1. The molecule has 1 aliphatic rings. The third-order valence-electron chi connectivity index (χ3n) is 3.76. The number of β-amino-alcohol motifs (C(OH)–C–C–N with tert-alkyl or cyclic N) is 1. The average Bonchev–Trinajstić information content (AvgIpc) is 3.21. The molecule has 3 rings (SSSR count). The monoisotopic (exact) mass is 330 g/mol. The molecule has 0 radical (unpaired) electrons. The molecular weight excluding hydrogens is 308 g/mol. The number of nitrogens with one attached hydrogen (secondary N) is 1.